The summed E-state index contributed by atoms with van der Waals surface area (Å²) in [5.74, 6) is -0.000525. The van der Waals surface area contributed by atoms with Gasteiger partial charge in [0.05, 0.1) is 0 Å². The van der Waals surface area contributed by atoms with Gasteiger partial charge in [0.2, 0.25) is 0 Å². The van der Waals surface area contributed by atoms with E-state index in [1.165, 1.54) is 11.1 Å². The Bertz CT molecular complexity index is 453. The van der Waals surface area contributed by atoms with Crippen LogP contribution in [0, 0.1) is 0 Å². The van der Waals surface area contributed by atoms with Crippen LogP contribution >= 0.6 is 0 Å². The van der Waals surface area contributed by atoms with Crippen molar-refractivity contribution < 1.29 is 9.53 Å². The van der Waals surface area contributed by atoms with Crippen molar-refractivity contribution in [3.05, 3.63) is 29.3 Å². The van der Waals surface area contributed by atoms with Crippen molar-refractivity contribution in [3.63, 3.8) is 0 Å². The fourth-order valence-corrected chi connectivity index (χ4v) is 2.65. The summed E-state index contributed by atoms with van der Waals surface area (Å²) in [6.45, 7) is 2.56. The van der Waals surface area contributed by atoms with E-state index in [2.05, 4.69) is 16.7 Å². The van der Waals surface area contributed by atoms with Crippen LogP contribution in [0.5, 0.6) is 0 Å². The third kappa shape index (κ3) is 2.26. The predicted octanol–water partition coefficient (Wildman–Crippen LogP) is 1.45. The van der Waals surface area contributed by atoms with E-state index in [1.54, 1.807) is 0 Å². The number of hydrogen-bond donors (Lipinski definition) is 2. The number of anilines is 1. The van der Waals surface area contributed by atoms with E-state index in [4.69, 9.17) is 4.74 Å². The number of carbonyl (C=O) groups excluding carboxylic acids is 1. The summed E-state index contributed by atoms with van der Waals surface area (Å²) in [5.41, 5.74) is 3.50. The number of hydrogen-bond acceptors (Lipinski definition) is 3. The molecule has 0 unspecified atom stereocenters. The number of carbonyl (C=O) groups is 1. The first-order chi connectivity index (χ1) is 8.84. The van der Waals surface area contributed by atoms with Crippen molar-refractivity contribution in [1.82, 2.24) is 5.32 Å². The summed E-state index contributed by atoms with van der Waals surface area (Å²) < 4.78 is 5.41. The molecule has 0 aliphatic carbocycles. The number of fused-ring (bicyclic) bond motifs is 1. The summed E-state index contributed by atoms with van der Waals surface area (Å²) in [6.07, 6.45) is 2.52. The summed E-state index contributed by atoms with van der Waals surface area (Å²) in [7, 11) is 0. The first kappa shape index (κ1) is 11.7. The topological polar surface area (TPSA) is 50.4 Å². The van der Waals surface area contributed by atoms with Gasteiger partial charge in [-0.2, -0.15) is 0 Å². The van der Waals surface area contributed by atoms with Gasteiger partial charge in [0, 0.05) is 18.8 Å². The molecule has 0 bridgehead atoms. The molecule has 96 valence electrons. The molecule has 0 aromatic heterocycles. The molecule has 4 heteroatoms. The van der Waals surface area contributed by atoms with Crippen molar-refractivity contribution in [2.75, 3.05) is 18.5 Å². The lowest BCUT2D eigenvalue weighted by Crippen LogP contribution is -2.29. The second-order valence-electron chi connectivity index (χ2n) is 4.86. The first-order valence-electron chi connectivity index (χ1n) is 6.58. The number of rotatable bonds is 2. The van der Waals surface area contributed by atoms with E-state index < -0.39 is 0 Å². The Labute approximate surface area is 107 Å². The fraction of sp³-hybridized carbons (Fsp3) is 0.500. The minimum absolute atomic E-state index is 0.000525. The fourth-order valence-electron chi connectivity index (χ4n) is 2.65. The lowest BCUT2D eigenvalue weighted by atomic mass is 9.99. The molecule has 2 aliphatic rings. The summed E-state index contributed by atoms with van der Waals surface area (Å²) >= 11 is 0. The Hall–Kier alpha value is -1.39. The van der Waals surface area contributed by atoms with Crippen LogP contribution < -0.4 is 10.6 Å². The van der Waals surface area contributed by atoms with Gasteiger partial charge < -0.3 is 15.4 Å². The molecule has 0 spiro atoms. The number of amides is 1. The van der Waals surface area contributed by atoms with E-state index in [0.717, 1.165) is 38.0 Å². The highest BCUT2D eigenvalue weighted by atomic mass is 16.5. The van der Waals surface area contributed by atoms with Crippen LogP contribution in [0.15, 0.2) is 18.2 Å². The smallest absolute Gasteiger partial charge is 0.253 e. The van der Waals surface area contributed by atoms with Gasteiger partial charge in [-0.3, -0.25) is 4.79 Å². The molecule has 1 amide bonds. The average Bonchev–Trinajstić information content (AvgIpc) is 2.93. The molecule has 1 atom stereocenters. The van der Waals surface area contributed by atoms with Crippen LogP contribution in [0.25, 0.3) is 0 Å². The molecule has 4 nitrogen and oxygen atoms in total. The van der Waals surface area contributed by atoms with Crippen LogP contribution in [0.4, 0.5) is 5.69 Å². The molecule has 0 saturated carbocycles. The van der Waals surface area contributed by atoms with Gasteiger partial charge in [0.1, 0.15) is 6.10 Å². The second-order valence-corrected chi connectivity index (χ2v) is 4.86. The van der Waals surface area contributed by atoms with Gasteiger partial charge in [0.15, 0.2) is 0 Å². The molecule has 1 fully saturated rings. The molecule has 1 aromatic carbocycles. The maximum absolute atomic E-state index is 12.0. The first-order valence-corrected chi connectivity index (χ1v) is 6.58. The van der Waals surface area contributed by atoms with Crippen molar-refractivity contribution in [2.45, 2.75) is 31.9 Å². The van der Waals surface area contributed by atoms with E-state index in [9.17, 15) is 4.79 Å². The van der Waals surface area contributed by atoms with Gasteiger partial charge in [0.25, 0.3) is 5.91 Å². The summed E-state index contributed by atoms with van der Waals surface area (Å²) in [6, 6.07) is 6.09. The third-order valence-electron chi connectivity index (χ3n) is 3.62. The van der Waals surface area contributed by atoms with Crippen LogP contribution in [0.2, 0.25) is 0 Å². The van der Waals surface area contributed by atoms with Crippen molar-refractivity contribution >= 4 is 11.6 Å². The molecule has 1 aromatic rings. The van der Waals surface area contributed by atoms with E-state index >= 15 is 0 Å². The third-order valence-corrected chi connectivity index (χ3v) is 3.62. The van der Waals surface area contributed by atoms with E-state index in [0.29, 0.717) is 6.61 Å². The van der Waals surface area contributed by atoms with E-state index in [-0.39, 0.29) is 12.0 Å². The second kappa shape index (κ2) is 5.08. The number of nitrogens with one attached hydrogen (secondary N) is 2. The van der Waals surface area contributed by atoms with Crippen molar-refractivity contribution in [2.24, 2.45) is 0 Å². The van der Waals surface area contributed by atoms with Crippen LogP contribution in [-0.4, -0.2) is 25.2 Å². The molecule has 2 N–H and O–H groups in total. The average molecular weight is 246 g/mol. The maximum atomic E-state index is 12.0. The largest absolute Gasteiger partial charge is 0.368 e. The zero-order valence-corrected chi connectivity index (χ0v) is 10.4. The Morgan fingerprint density at radius 2 is 2.39 bits per heavy atom. The highest BCUT2D eigenvalue weighted by Gasteiger charge is 2.24. The molecular weight excluding hydrogens is 228 g/mol. The molecule has 2 aliphatic heterocycles. The van der Waals surface area contributed by atoms with Gasteiger partial charge in [-0.1, -0.05) is 12.1 Å². The monoisotopic (exact) mass is 246 g/mol. The van der Waals surface area contributed by atoms with Crippen LogP contribution in [0.3, 0.4) is 0 Å². The SMILES string of the molecule is O=C(Nc1cccc2c1CCNC2)[C@H]1CCCO1. The minimum atomic E-state index is -0.262. The molecule has 2 heterocycles. The Morgan fingerprint density at radius 3 is 3.22 bits per heavy atom. The molecular formula is C14H18N2O2. The molecule has 3 rings (SSSR count). The van der Waals surface area contributed by atoms with Gasteiger partial charge in [-0.25, -0.2) is 0 Å². The Kier molecular flexibility index (Phi) is 3.30. The Morgan fingerprint density at radius 1 is 1.44 bits per heavy atom. The Balaban J connectivity index is 1.77. The summed E-state index contributed by atoms with van der Waals surface area (Å²) in [4.78, 5) is 12.0. The highest BCUT2D eigenvalue weighted by Crippen LogP contribution is 2.24. The maximum Gasteiger partial charge on any atom is 0.253 e. The van der Waals surface area contributed by atoms with Gasteiger partial charge in [-0.15, -0.1) is 0 Å². The van der Waals surface area contributed by atoms with Crippen molar-refractivity contribution in [1.29, 1.82) is 0 Å². The normalized spacial score (nSPS) is 22.6. The highest BCUT2D eigenvalue weighted by molar-refractivity contribution is 5.95. The minimum Gasteiger partial charge on any atom is -0.368 e. The standard InChI is InChI=1S/C14H18N2O2/c17-14(13-5-2-8-18-13)16-12-4-1-3-10-9-15-7-6-11(10)12/h1,3-4,13,15H,2,5-9H2,(H,16,17)/t13-/m1/s1. The zero-order chi connectivity index (χ0) is 12.4. The molecule has 1 saturated heterocycles. The summed E-state index contributed by atoms with van der Waals surface area (Å²) in [5, 5.41) is 6.36. The molecule has 18 heavy (non-hydrogen) atoms. The van der Waals surface area contributed by atoms with Gasteiger partial charge in [-0.05, 0) is 43.0 Å². The van der Waals surface area contributed by atoms with Crippen LogP contribution in [-0.2, 0) is 22.5 Å². The quantitative estimate of drug-likeness (QED) is 0.830. The lowest BCUT2D eigenvalue weighted by Gasteiger charge is -2.21. The van der Waals surface area contributed by atoms with Crippen LogP contribution in [0.1, 0.15) is 24.0 Å². The predicted molar refractivity (Wildman–Crippen MR) is 69.5 cm³/mol. The van der Waals surface area contributed by atoms with Crippen molar-refractivity contribution in [3.8, 4) is 0 Å². The van der Waals surface area contributed by atoms with E-state index in [1.807, 2.05) is 12.1 Å². The zero-order valence-electron chi connectivity index (χ0n) is 10.4. The lowest BCUT2D eigenvalue weighted by molar-refractivity contribution is -0.124. The van der Waals surface area contributed by atoms with Gasteiger partial charge >= 0.3 is 0 Å². The molecule has 0 radical (unpaired) electrons. The number of benzene rings is 1. The number of ether oxygens (including phenoxy) is 1.